The quantitative estimate of drug-likeness (QED) is 0.694. The van der Waals surface area contributed by atoms with Crippen LogP contribution in [0.5, 0.6) is 0 Å². The number of sulfonamides is 1. The molecule has 0 aliphatic rings. The maximum atomic E-state index is 13.7. The third-order valence-corrected chi connectivity index (χ3v) is 4.19. The molecular weight excluding hydrogens is 299 g/mol. The van der Waals surface area contributed by atoms with Crippen LogP contribution in [-0.2, 0) is 10.0 Å². The van der Waals surface area contributed by atoms with Crippen molar-refractivity contribution in [2.24, 2.45) is 0 Å². The van der Waals surface area contributed by atoms with Gasteiger partial charge in [0.05, 0.1) is 10.6 Å². The van der Waals surface area contributed by atoms with Crippen LogP contribution in [-0.4, -0.2) is 13.3 Å². The Morgan fingerprint density at radius 1 is 1.19 bits per heavy atom. The van der Waals surface area contributed by atoms with Gasteiger partial charge >= 0.3 is 0 Å². The molecule has 0 aromatic heterocycles. The molecule has 0 heterocycles. The van der Waals surface area contributed by atoms with Crippen molar-refractivity contribution < 1.29 is 17.7 Å². The molecule has 0 aliphatic carbocycles. The summed E-state index contributed by atoms with van der Waals surface area (Å²) in [6.07, 6.45) is 0. The van der Waals surface area contributed by atoms with Gasteiger partial charge in [-0.3, -0.25) is 14.8 Å². The first kappa shape index (κ1) is 14.9. The number of nitrogens with one attached hydrogen (secondary N) is 1. The van der Waals surface area contributed by atoms with Gasteiger partial charge in [-0.1, -0.05) is 18.2 Å². The molecular formula is C13H11FN2O4S. The van der Waals surface area contributed by atoms with Gasteiger partial charge in [0.15, 0.2) is 0 Å². The number of non-ortho nitro benzene ring substituents is 1. The molecule has 2 aromatic rings. The van der Waals surface area contributed by atoms with E-state index in [-0.39, 0.29) is 5.69 Å². The Balaban J connectivity index is 2.47. The number of anilines is 1. The van der Waals surface area contributed by atoms with Gasteiger partial charge in [0, 0.05) is 12.1 Å². The molecule has 0 bridgehead atoms. The Morgan fingerprint density at radius 2 is 1.86 bits per heavy atom. The van der Waals surface area contributed by atoms with Crippen LogP contribution < -0.4 is 4.72 Å². The number of halogens is 1. The first-order valence-electron chi connectivity index (χ1n) is 5.83. The Morgan fingerprint density at radius 3 is 2.48 bits per heavy atom. The molecule has 0 spiro atoms. The second-order valence-electron chi connectivity index (χ2n) is 4.29. The highest BCUT2D eigenvalue weighted by molar-refractivity contribution is 7.92. The summed E-state index contributed by atoms with van der Waals surface area (Å²) >= 11 is 0. The molecule has 110 valence electrons. The fraction of sp³-hybridized carbons (Fsp3) is 0.0769. The number of nitro groups is 1. The van der Waals surface area contributed by atoms with Crippen LogP contribution in [0.2, 0.25) is 0 Å². The van der Waals surface area contributed by atoms with Gasteiger partial charge in [0.2, 0.25) is 0 Å². The van der Waals surface area contributed by atoms with E-state index in [1.54, 1.807) is 25.1 Å². The molecule has 0 radical (unpaired) electrons. The predicted octanol–water partition coefficient (Wildman–Crippen LogP) is 2.84. The molecule has 0 saturated heterocycles. The zero-order valence-corrected chi connectivity index (χ0v) is 11.7. The van der Waals surface area contributed by atoms with E-state index >= 15 is 0 Å². The van der Waals surface area contributed by atoms with Gasteiger partial charge in [-0.2, -0.15) is 0 Å². The van der Waals surface area contributed by atoms with E-state index in [1.165, 1.54) is 6.07 Å². The fourth-order valence-electron chi connectivity index (χ4n) is 1.70. The third-order valence-electron chi connectivity index (χ3n) is 2.80. The van der Waals surface area contributed by atoms with Gasteiger partial charge in [-0.15, -0.1) is 0 Å². The lowest BCUT2D eigenvalue weighted by molar-refractivity contribution is -0.385. The summed E-state index contributed by atoms with van der Waals surface area (Å²) in [6.45, 7) is 1.68. The van der Waals surface area contributed by atoms with Crippen molar-refractivity contribution in [3.63, 3.8) is 0 Å². The molecule has 8 heteroatoms. The van der Waals surface area contributed by atoms with Gasteiger partial charge < -0.3 is 0 Å². The number of nitrogens with zero attached hydrogens (tertiary/aromatic N) is 1. The summed E-state index contributed by atoms with van der Waals surface area (Å²) in [5.41, 5.74) is 0.428. The van der Waals surface area contributed by atoms with E-state index < -0.39 is 31.3 Å². The third kappa shape index (κ3) is 3.16. The molecule has 6 nitrogen and oxygen atoms in total. The minimum atomic E-state index is -4.25. The number of benzene rings is 2. The van der Waals surface area contributed by atoms with Crippen LogP contribution in [0.4, 0.5) is 15.8 Å². The van der Waals surface area contributed by atoms with E-state index in [2.05, 4.69) is 4.72 Å². The minimum Gasteiger partial charge on any atom is -0.279 e. The molecule has 0 unspecified atom stereocenters. The summed E-state index contributed by atoms with van der Waals surface area (Å²) in [4.78, 5) is 9.12. The van der Waals surface area contributed by atoms with Crippen LogP contribution in [0.25, 0.3) is 0 Å². The van der Waals surface area contributed by atoms with Crippen LogP contribution >= 0.6 is 0 Å². The lowest BCUT2D eigenvalue weighted by atomic mass is 10.2. The summed E-state index contributed by atoms with van der Waals surface area (Å²) < 4.78 is 40.3. The van der Waals surface area contributed by atoms with E-state index in [4.69, 9.17) is 0 Å². The van der Waals surface area contributed by atoms with Crippen molar-refractivity contribution in [3.8, 4) is 0 Å². The highest BCUT2D eigenvalue weighted by Gasteiger charge is 2.23. The summed E-state index contributed by atoms with van der Waals surface area (Å²) in [7, 11) is -4.25. The van der Waals surface area contributed by atoms with Crippen molar-refractivity contribution in [1.29, 1.82) is 0 Å². The molecule has 2 aromatic carbocycles. The van der Waals surface area contributed by atoms with Crippen molar-refractivity contribution in [3.05, 3.63) is 64.0 Å². The number of rotatable bonds is 4. The van der Waals surface area contributed by atoms with Crippen molar-refractivity contribution in [2.45, 2.75) is 11.8 Å². The monoisotopic (exact) mass is 310 g/mol. The molecule has 0 aliphatic heterocycles. The van der Waals surface area contributed by atoms with Gasteiger partial charge in [-0.25, -0.2) is 12.8 Å². The normalized spacial score (nSPS) is 11.1. The summed E-state index contributed by atoms with van der Waals surface area (Å²) in [6, 6.07) is 8.89. The van der Waals surface area contributed by atoms with Crippen molar-refractivity contribution in [2.75, 3.05) is 4.72 Å². The Labute approximate surface area is 120 Å². The number of nitro benzene ring substituents is 1. The molecule has 0 atom stereocenters. The average Bonchev–Trinajstić information content (AvgIpc) is 2.41. The highest BCUT2D eigenvalue weighted by atomic mass is 32.2. The Bertz CT molecular complexity index is 806. The largest absolute Gasteiger partial charge is 0.279 e. The number of para-hydroxylation sites is 1. The predicted molar refractivity (Wildman–Crippen MR) is 75.0 cm³/mol. The molecule has 0 fully saturated rings. The zero-order valence-electron chi connectivity index (χ0n) is 10.9. The number of aryl methyl sites for hydroxylation is 1. The van der Waals surface area contributed by atoms with E-state index in [0.717, 1.165) is 12.1 Å². The van der Waals surface area contributed by atoms with Gasteiger partial charge in [-0.05, 0) is 24.6 Å². The van der Waals surface area contributed by atoms with E-state index in [1.807, 2.05) is 0 Å². The lowest BCUT2D eigenvalue weighted by Gasteiger charge is -2.10. The first-order chi connectivity index (χ1) is 9.81. The van der Waals surface area contributed by atoms with Crippen LogP contribution in [0.1, 0.15) is 5.56 Å². The van der Waals surface area contributed by atoms with E-state index in [9.17, 15) is 22.9 Å². The average molecular weight is 310 g/mol. The first-order valence-corrected chi connectivity index (χ1v) is 7.32. The van der Waals surface area contributed by atoms with Crippen LogP contribution in [0.3, 0.4) is 0 Å². The second-order valence-corrected chi connectivity index (χ2v) is 5.94. The molecule has 1 N–H and O–H groups in total. The molecule has 2 rings (SSSR count). The minimum absolute atomic E-state index is 0.281. The Kier molecular flexibility index (Phi) is 3.90. The number of hydrogen-bond acceptors (Lipinski definition) is 4. The fourth-order valence-corrected chi connectivity index (χ4v) is 2.93. The smallest absolute Gasteiger partial charge is 0.271 e. The topological polar surface area (TPSA) is 89.3 Å². The van der Waals surface area contributed by atoms with Crippen LogP contribution in [0.15, 0.2) is 47.4 Å². The second kappa shape index (κ2) is 5.49. The lowest BCUT2D eigenvalue weighted by Crippen LogP contribution is -2.15. The Hall–Kier alpha value is -2.48. The van der Waals surface area contributed by atoms with Crippen molar-refractivity contribution in [1.82, 2.24) is 0 Å². The number of hydrogen-bond donors (Lipinski definition) is 1. The zero-order chi connectivity index (χ0) is 15.6. The summed E-state index contributed by atoms with van der Waals surface area (Å²) in [5, 5.41) is 10.7. The van der Waals surface area contributed by atoms with Crippen molar-refractivity contribution >= 4 is 21.4 Å². The summed E-state index contributed by atoms with van der Waals surface area (Å²) in [5.74, 6) is -1.05. The molecule has 0 saturated carbocycles. The van der Waals surface area contributed by atoms with E-state index in [0.29, 0.717) is 11.6 Å². The maximum Gasteiger partial charge on any atom is 0.271 e. The molecule has 0 amide bonds. The standard InChI is InChI=1S/C13H11FN2O4S/c1-9-4-2-3-5-12(9)15-21(19,20)13-8-10(16(17)18)6-7-11(13)14/h2-8,15H,1H3. The maximum absolute atomic E-state index is 13.7. The molecule has 21 heavy (non-hydrogen) atoms. The highest BCUT2D eigenvalue weighted by Crippen LogP contribution is 2.24. The van der Waals surface area contributed by atoms with Gasteiger partial charge in [0.1, 0.15) is 10.7 Å². The van der Waals surface area contributed by atoms with Gasteiger partial charge in [0.25, 0.3) is 15.7 Å². The SMILES string of the molecule is Cc1ccccc1NS(=O)(=O)c1cc([N+](=O)[O-])ccc1F. The van der Waals surface area contributed by atoms with Crippen LogP contribution in [0, 0.1) is 22.9 Å².